The molecule has 52 heavy (non-hydrogen) atoms. The minimum absolute atomic E-state index is 0.0270. The number of alkyl halides is 2. The summed E-state index contributed by atoms with van der Waals surface area (Å²) in [6.45, 7) is 20.7. The number of fused-ring (bicyclic) bond motifs is 7. The Hall–Kier alpha value is -2.61. The molecule has 1 saturated heterocycles. The minimum Gasteiger partial charge on any atom is -0.478 e. The number of hydrogen-bond donors (Lipinski definition) is 2. The van der Waals surface area contributed by atoms with Crippen LogP contribution in [0.3, 0.4) is 0 Å². The van der Waals surface area contributed by atoms with Crippen molar-refractivity contribution in [1.29, 1.82) is 0 Å². The highest BCUT2D eigenvalue weighted by atomic mass is 19.3. The summed E-state index contributed by atoms with van der Waals surface area (Å²) >= 11 is 0. The second kappa shape index (κ2) is 12.7. The number of aromatic carboxylic acids is 1. The van der Waals surface area contributed by atoms with Crippen LogP contribution >= 0.6 is 0 Å². The van der Waals surface area contributed by atoms with Gasteiger partial charge in [0.15, 0.2) is 0 Å². The highest BCUT2D eigenvalue weighted by molar-refractivity contribution is 5.88. The Balaban J connectivity index is 1.15. The van der Waals surface area contributed by atoms with Gasteiger partial charge in [-0.05, 0) is 134 Å². The first kappa shape index (κ1) is 37.7. The predicted molar refractivity (Wildman–Crippen MR) is 199 cm³/mol. The third-order valence-corrected chi connectivity index (χ3v) is 16.9. The highest BCUT2D eigenvalue weighted by Crippen LogP contribution is 2.77. The number of halogens is 3. The average molecular weight is 723 g/mol. The van der Waals surface area contributed by atoms with E-state index in [1.54, 1.807) is 6.07 Å². The Labute approximate surface area is 309 Å². The van der Waals surface area contributed by atoms with Gasteiger partial charge in [0.05, 0.1) is 11.0 Å². The molecule has 5 nitrogen and oxygen atoms in total. The monoisotopic (exact) mass is 722 g/mol. The molecule has 5 fully saturated rings. The zero-order chi connectivity index (χ0) is 37.6. The molecule has 7 rings (SSSR count). The second-order valence-electron chi connectivity index (χ2n) is 19.3. The van der Waals surface area contributed by atoms with Crippen LogP contribution in [-0.4, -0.2) is 54.0 Å². The van der Waals surface area contributed by atoms with Crippen molar-refractivity contribution in [3.05, 3.63) is 53.4 Å². The van der Waals surface area contributed by atoms with Crippen LogP contribution in [0.25, 0.3) is 5.57 Å². The molecule has 1 aromatic carbocycles. The summed E-state index contributed by atoms with van der Waals surface area (Å²) in [6.07, 6.45) is 11.0. The molecule has 0 radical (unpaired) electrons. The molecule has 1 aliphatic heterocycles. The fourth-order valence-corrected chi connectivity index (χ4v) is 14.1. The molecule has 2 N–H and O–H groups in total. The van der Waals surface area contributed by atoms with Crippen LogP contribution in [0.2, 0.25) is 0 Å². The Morgan fingerprint density at radius 3 is 2.29 bits per heavy atom. The van der Waals surface area contributed by atoms with Gasteiger partial charge in [0, 0.05) is 44.6 Å². The SMILES string of the molecule is C=C(C)[C@@H]1CC[C@]2(C(=O)NCCN3CCC(F)(F)CC3)CC[C@]3(C)[C@H](CC[C@@H]4[C@@]5(C)CC=C(c6ccc(C(=O)O)cc6F)C(C)(C)[C@@H]5CC[C@]43C)[C@@H]12. The van der Waals surface area contributed by atoms with E-state index in [0.717, 1.165) is 69.4 Å². The standard InChI is InChI=1S/C44H61F3N2O3/c1-27(2)29-12-17-43(38(52)48-22-25-49-23-20-44(46,47)21-24-49)19-18-41(6)32(36(29)43)10-11-35-40(5)15-13-31(30-9-8-28(37(50)51)26-33(30)45)39(3,4)34(40)14-16-42(35,41)7/h8-9,13,26,29,32,34-36H,1,10-12,14-25H2,2-7H3,(H,48,52)(H,50,51)/t29-,32+,34-,35+,36+,40-,41+,42+,43-/m0/s1. The van der Waals surface area contributed by atoms with Gasteiger partial charge in [-0.2, -0.15) is 0 Å². The molecule has 8 heteroatoms. The normalized spacial score (nSPS) is 40.7. The average Bonchev–Trinajstić information content (AvgIpc) is 3.47. The van der Waals surface area contributed by atoms with E-state index in [1.807, 2.05) is 0 Å². The van der Waals surface area contributed by atoms with Crippen LogP contribution in [0.1, 0.15) is 128 Å². The van der Waals surface area contributed by atoms with Gasteiger partial charge in [-0.15, -0.1) is 0 Å². The lowest BCUT2D eigenvalue weighted by atomic mass is 9.32. The van der Waals surface area contributed by atoms with E-state index in [2.05, 4.69) is 64.4 Å². The largest absolute Gasteiger partial charge is 0.478 e. The van der Waals surface area contributed by atoms with Gasteiger partial charge >= 0.3 is 5.97 Å². The molecule has 9 atom stereocenters. The number of nitrogens with one attached hydrogen (secondary N) is 1. The Morgan fingerprint density at radius 1 is 0.923 bits per heavy atom. The fourth-order valence-electron chi connectivity index (χ4n) is 14.1. The first-order valence-electron chi connectivity index (χ1n) is 20.1. The van der Waals surface area contributed by atoms with E-state index in [-0.39, 0.29) is 51.9 Å². The van der Waals surface area contributed by atoms with Gasteiger partial charge in [-0.3, -0.25) is 4.79 Å². The molecule has 1 heterocycles. The molecule has 0 unspecified atom stereocenters. The number of likely N-dealkylation sites (tertiary alicyclic amines) is 1. The van der Waals surface area contributed by atoms with Gasteiger partial charge < -0.3 is 15.3 Å². The number of carbonyl (C=O) groups is 2. The van der Waals surface area contributed by atoms with E-state index < -0.39 is 23.1 Å². The number of piperidine rings is 1. The van der Waals surface area contributed by atoms with Gasteiger partial charge in [0.1, 0.15) is 5.82 Å². The van der Waals surface area contributed by atoms with Crippen LogP contribution in [0.15, 0.2) is 36.4 Å². The summed E-state index contributed by atoms with van der Waals surface area (Å²) < 4.78 is 43.0. The minimum atomic E-state index is -2.57. The van der Waals surface area contributed by atoms with E-state index in [9.17, 15) is 23.5 Å². The number of benzene rings is 1. The summed E-state index contributed by atoms with van der Waals surface area (Å²) in [5, 5.41) is 12.8. The molecule has 1 aromatic rings. The zero-order valence-corrected chi connectivity index (χ0v) is 32.4. The van der Waals surface area contributed by atoms with Crippen LogP contribution in [0.5, 0.6) is 0 Å². The number of carbonyl (C=O) groups excluding carboxylic acids is 1. The van der Waals surface area contributed by atoms with E-state index >= 15 is 4.39 Å². The molecule has 286 valence electrons. The molecule has 5 aliphatic carbocycles. The zero-order valence-electron chi connectivity index (χ0n) is 32.4. The number of carboxylic acids is 1. The van der Waals surface area contributed by atoms with Crippen molar-refractivity contribution in [3.8, 4) is 0 Å². The number of amides is 1. The Kier molecular flexibility index (Phi) is 9.23. The number of rotatable bonds is 7. The number of nitrogens with zero attached hydrogens (tertiary/aromatic N) is 1. The summed E-state index contributed by atoms with van der Waals surface area (Å²) in [7, 11) is 0. The maximum atomic E-state index is 15.5. The van der Waals surface area contributed by atoms with Crippen LogP contribution in [0.4, 0.5) is 13.2 Å². The van der Waals surface area contributed by atoms with E-state index in [4.69, 9.17) is 0 Å². The predicted octanol–water partition coefficient (Wildman–Crippen LogP) is 10.0. The van der Waals surface area contributed by atoms with E-state index in [1.165, 1.54) is 11.6 Å². The maximum Gasteiger partial charge on any atom is 0.335 e. The third-order valence-electron chi connectivity index (χ3n) is 16.9. The van der Waals surface area contributed by atoms with Crippen LogP contribution in [0, 0.1) is 62.5 Å². The highest BCUT2D eigenvalue weighted by Gasteiger charge is 2.71. The molecular weight excluding hydrogens is 661 g/mol. The number of hydrogen-bond acceptors (Lipinski definition) is 3. The second-order valence-corrected chi connectivity index (χ2v) is 19.3. The molecule has 0 spiro atoms. The van der Waals surface area contributed by atoms with Crippen molar-refractivity contribution in [2.24, 2.45) is 56.7 Å². The molecular formula is C44H61F3N2O3. The summed E-state index contributed by atoms with van der Waals surface area (Å²) in [5.41, 5.74) is 2.13. The van der Waals surface area contributed by atoms with Crippen LogP contribution in [-0.2, 0) is 4.79 Å². The third kappa shape index (κ3) is 5.56. The van der Waals surface area contributed by atoms with Crippen molar-refractivity contribution in [1.82, 2.24) is 10.2 Å². The maximum absolute atomic E-state index is 15.5. The van der Waals surface area contributed by atoms with E-state index in [0.29, 0.717) is 55.4 Å². The molecule has 0 aromatic heterocycles. The lowest BCUT2D eigenvalue weighted by Gasteiger charge is -2.72. The van der Waals surface area contributed by atoms with Crippen molar-refractivity contribution in [2.75, 3.05) is 26.2 Å². The van der Waals surface area contributed by atoms with Gasteiger partial charge in [-0.1, -0.05) is 58.9 Å². The first-order chi connectivity index (χ1) is 24.3. The fraction of sp³-hybridized carbons (Fsp3) is 0.727. The van der Waals surface area contributed by atoms with Crippen molar-refractivity contribution in [3.63, 3.8) is 0 Å². The number of allylic oxidation sites excluding steroid dienone is 3. The Morgan fingerprint density at radius 2 is 1.63 bits per heavy atom. The van der Waals surface area contributed by atoms with Crippen molar-refractivity contribution in [2.45, 2.75) is 118 Å². The molecule has 1 amide bonds. The lowest BCUT2D eigenvalue weighted by Crippen LogP contribution is -2.66. The van der Waals surface area contributed by atoms with Gasteiger partial charge in [0.2, 0.25) is 5.91 Å². The van der Waals surface area contributed by atoms with Gasteiger partial charge in [-0.25, -0.2) is 18.0 Å². The summed E-state index contributed by atoms with van der Waals surface area (Å²) in [6, 6.07) is 4.34. The number of carboxylic acid groups (broad SMARTS) is 1. The summed E-state index contributed by atoms with van der Waals surface area (Å²) in [4.78, 5) is 28.0. The quantitative estimate of drug-likeness (QED) is 0.275. The first-order valence-corrected chi connectivity index (χ1v) is 20.1. The molecule has 6 aliphatic rings. The molecule has 4 saturated carbocycles. The smallest absolute Gasteiger partial charge is 0.335 e. The summed E-state index contributed by atoms with van der Waals surface area (Å²) in [5.74, 6) is -2.19. The van der Waals surface area contributed by atoms with Gasteiger partial charge in [0.25, 0.3) is 5.92 Å². The van der Waals surface area contributed by atoms with Crippen molar-refractivity contribution < 1.29 is 27.9 Å². The lowest BCUT2D eigenvalue weighted by molar-refractivity contribution is -0.225. The topological polar surface area (TPSA) is 69.6 Å². The van der Waals surface area contributed by atoms with Crippen LogP contribution < -0.4 is 5.32 Å². The Bertz CT molecular complexity index is 1660. The molecule has 0 bridgehead atoms. The van der Waals surface area contributed by atoms with Crippen molar-refractivity contribution >= 4 is 17.4 Å².